The van der Waals surface area contributed by atoms with E-state index in [4.69, 9.17) is 15.0 Å². The largest absolute Gasteiger partial charge is 0.398 e. The molecular weight excluding hydrogens is 280 g/mol. The standard InChI is InChI=1S/C14H17F2N3O2/c1-3-5-12(20-4-2)13-18-14(21-19-13)8-6-9(15)10(16)7-11(8)17/h6-7,12H,3-5,17H2,1-2H3. The molecule has 1 unspecified atom stereocenters. The van der Waals surface area contributed by atoms with Gasteiger partial charge in [0.05, 0.1) is 5.56 Å². The van der Waals surface area contributed by atoms with Crippen LogP contribution in [0.15, 0.2) is 16.7 Å². The van der Waals surface area contributed by atoms with Gasteiger partial charge in [-0.1, -0.05) is 18.5 Å². The third-order valence-corrected chi connectivity index (χ3v) is 2.97. The van der Waals surface area contributed by atoms with Crippen molar-refractivity contribution >= 4 is 5.69 Å². The lowest BCUT2D eigenvalue weighted by molar-refractivity contribution is 0.0478. The molecule has 0 spiro atoms. The summed E-state index contributed by atoms with van der Waals surface area (Å²) in [5.41, 5.74) is 5.86. The van der Waals surface area contributed by atoms with Crippen molar-refractivity contribution in [1.82, 2.24) is 10.1 Å². The van der Waals surface area contributed by atoms with E-state index >= 15 is 0 Å². The molecule has 2 N–H and O–H groups in total. The van der Waals surface area contributed by atoms with Crippen molar-refractivity contribution in [3.8, 4) is 11.5 Å². The Hall–Kier alpha value is -2.02. The van der Waals surface area contributed by atoms with Crippen molar-refractivity contribution in [3.05, 3.63) is 29.6 Å². The predicted molar refractivity (Wildman–Crippen MR) is 73.3 cm³/mol. The molecule has 0 bridgehead atoms. The van der Waals surface area contributed by atoms with E-state index in [0.717, 1.165) is 25.0 Å². The maximum absolute atomic E-state index is 13.3. The minimum atomic E-state index is -1.02. The molecule has 0 aliphatic rings. The molecule has 2 aromatic rings. The molecule has 0 saturated heterocycles. The summed E-state index contributed by atoms with van der Waals surface area (Å²) in [6.45, 7) is 4.40. The van der Waals surface area contributed by atoms with Gasteiger partial charge >= 0.3 is 0 Å². The topological polar surface area (TPSA) is 74.2 Å². The highest BCUT2D eigenvalue weighted by Gasteiger charge is 2.20. The van der Waals surface area contributed by atoms with Crippen LogP contribution in [0.25, 0.3) is 11.5 Å². The normalized spacial score (nSPS) is 12.6. The maximum Gasteiger partial charge on any atom is 0.260 e. The molecule has 0 radical (unpaired) electrons. The fourth-order valence-electron chi connectivity index (χ4n) is 1.97. The Balaban J connectivity index is 2.33. The lowest BCUT2D eigenvalue weighted by Crippen LogP contribution is -2.06. The van der Waals surface area contributed by atoms with Crippen LogP contribution in [0.5, 0.6) is 0 Å². The lowest BCUT2D eigenvalue weighted by Gasteiger charge is -2.11. The molecule has 0 aliphatic carbocycles. The summed E-state index contributed by atoms with van der Waals surface area (Å²) < 4.78 is 37.0. The van der Waals surface area contributed by atoms with Crippen LogP contribution in [0.1, 0.15) is 38.6 Å². The van der Waals surface area contributed by atoms with Gasteiger partial charge in [0.25, 0.3) is 5.89 Å². The van der Waals surface area contributed by atoms with Gasteiger partial charge in [0, 0.05) is 18.4 Å². The first kappa shape index (κ1) is 15.4. The average molecular weight is 297 g/mol. The Morgan fingerprint density at radius 2 is 2.00 bits per heavy atom. The van der Waals surface area contributed by atoms with Gasteiger partial charge in [-0.05, 0) is 19.4 Å². The molecule has 2 rings (SSSR count). The van der Waals surface area contributed by atoms with Crippen LogP contribution >= 0.6 is 0 Å². The number of nitrogen functional groups attached to an aromatic ring is 1. The molecule has 1 atom stereocenters. The van der Waals surface area contributed by atoms with Crippen molar-refractivity contribution in [3.63, 3.8) is 0 Å². The summed E-state index contributed by atoms with van der Waals surface area (Å²) in [4.78, 5) is 4.18. The number of hydrogen-bond acceptors (Lipinski definition) is 5. The van der Waals surface area contributed by atoms with Gasteiger partial charge in [-0.3, -0.25) is 0 Å². The quantitative estimate of drug-likeness (QED) is 0.826. The highest BCUT2D eigenvalue weighted by Crippen LogP contribution is 2.29. The number of ether oxygens (including phenoxy) is 1. The second kappa shape index (κ2) is 6.62. The van der Waals surface area contributed by atoms with Crippen molar-refractivity contribution in [1.29, 1.82) is 0 Å². The summed E-state index contributed by atoms with van der Waals surface area (Å²) in [7, 11) is 0. The number of anilines is 1. The molecule has 21 heavy (non-hydrogen) atoms. The molecule has 0 fully saturated rings. The molecule has 1 aromatic heterocycles. The molecule has 0 saturated carbocycles. The molecule has 1 aromatic carbocycles. The van der Waals surface area contributed by atoms with Gasteiger partial charge in [0.1, 0.15) is 6.10 Å². The summed E-state index contributed by atoms with van der Waals surface area (Å²) in [5, 5.41) is 3.84. The lowest BCUT2D eigenvalue weighted by atomic mass is 10.1. The highest BCUT2D eigenvalue weighted by atomic mass is 19.2. The van der Waals surface area contributed by atoms with E-state index in [1.807, 2.05) is 13.8 Å². The van der Waals surface area contributed by atoms with Crippen LogP contribution in [-0.2, 0) is 4.74 Å². The number of nitrogens with two attached hydrogens (primary N) is 1. The van der Waals surface area contributed by atoms with Gasteiger partial charge in [-0.25, -0.2) is 8.78 Å². The zero-order valence-corrected chi connectivity index (χ0v) is 11.9. The van der Waals surface area contributed by atoms with E-state index in [9.17, 15) is 8.78 Å². The van der Waals surface area contributed by atoms with Gasteiger partial charge in [-0.15, -0.1) is 0 Å². The SMILES string of the molecule is CCCC(OCC)c1noc(-c2cc(F)c(F)cc2N)n1. The smallest absolute Gasteiger partial charge is 0.260 e. The van der Waals surface area contributed by atoms with Crippen molar-refractivity contribution in [2.45, 2.75) is 32.8 Å². The van der Waals surface area contributed by atoms with Crippen molar-refractivity contribution in [2.75, 3.05) is 12.3 Å². The first-order valence-electron chi connectivity index (χ1n) is 6.76. The first-order chi connectivity index (χ1) is 10.1. The van der Waals surface area contributed by atoms with Gasteiger partial charge in [0.2, 0.25) is 5.82 Å². The Morgan fingerprint density at radius 1 is 1.29 bits per heavy atom. The van der Waals surface area contributed by atoms with E-state index in [-0.39, 0.29) is 23.2 Å². The van der Waals surface area contributed by atoms with E-state index in [1.165, 1.54) is 0 Å². The summed E-state index contributed by atoms with van der Waals surface area (Å²) in [5.74, 6) is -1.62. The Morgan fingerprint density at radius 3 is 2.67 bits per heavy atom. The maximum atomic E-state index is 13.3. The van der Waals surface area contributed by atoms with Crippen molar-refractivity contribution in [2.24, 2.45) is 0 Å². The van der Waals surface area contributed by atoms with Gasteiger partial charge in [-0.2, -0.15) is 4.98 Å². The Bertz CT molecular complexity index is 610. The second-order valence-corrected chi connectivity index (χ2v) is 4.54. The third kappa shape index (κ3) is 3.36. The molecule has 0 amide bonds. The molecule has 5 nitrogen and oxygen atoms in total. The van der Waals surface area contributed by atoms with Crippen LogP contribution in [0.4, 0.5) is 14.5 Å². The first-order valence-corrected chi connectivity index (χ1v) is 6.76. The van der Waals surface area contributed by atoms with Crippen LogP contribution in [-0.4, -0.2) is 16.7 Å². The second-order valence-electron chi connectivity index (χ2n) is 4.54. The predicted octanol–water partition coefficient (Wildman–Crippen LogP) is 3.47. The fraction of sp³-hybridized carbons (Fsp3) is 0.429. The van der Waals surface area contributed by atoms with Crippen LogP contribution < -0.4 is 5.73 Å². The van der Waals surface area contributed by atoms with E-state index in [0.29, 0.717) is 12.4 Å². The van der Waals surface area contributed by atoms with Crippen LogP contribution in [0.2, 0.25) is 0 Å². The van der Waals surface area contributed by atoms with E-state index in [1.54, 1.807) is 0 Å². The van der Waals surface area contributed by atoms with Gasteiger partial charge in [0.15, 0.2) is 11.6 Å². The minimum absolute atomic E-state index is 0.0348. The third-order valence-electron chi connectivity index (χ3n) is 2.97. The minimum Gasteiger partial charge on any atom is -0.398 e. The Labute approximate surface area is 121 Å². The fourth-order valence-corrected chi connectivity index (χ4v) is 1.97. The summed E-state index contributed by atoms with van der Waals surface area (Å²) in [6.07, 6.45) is 1.34. The Kier molecular flexibility index (Phi) is 4.85. The number of hydrogen-bond donors (Lipinski definition) is 1. The number of rotatable bonds is 6. The van der Waals surface area contributed by atoms with Crippen LogP contribution in [0.3, 0.4) is 0 Å². The van der Waals surface area contributed by atoms with Crippen LogP contribution in [0, 0.1) is 11.6 Å². The number of halogens is 2. The number of aromatic nitrogens is 2. The summed E-state index contributed by atoms with van der Waals surface area (Å²) >= 11 is 0. The highest BCUT2D eigenvalue weighted by molar-refractivity contribution is 5.70. The average Bonchev–Trinajstić information content (AvgIpc) is 2.92. The monoisotopic (exact) mass is 297 g/mol. The zero-order chi connectivity index (χ0) is 15.4. The molecule has 0 aliphatic heterocycles. The molecule has 1 heterocycles. The molecule has 7 heteroatoms. The van der Waals surface area contributed by atoms with Crippen molar-refractivity contribution < 1.29 is 18.0 Å². The number of nitrogens with zero attached hydrogens (tertiary/aromatic N) is 2. The molecule has 114 valence electrons. The molecular formula is C14H17F2N3O2. The number of benzene rings is 1. The zero-order valence-electron chi connectivity index (χ0n) is 11.9. The van der Waals surface area contributed by atoms with Gasteiger partial charge < -0.3 is 15.0 Å². The summed E-state index contributed by atoms with van der Waals surface area (Å²) in [6, 6.07) is 1.83. The van der Waals surface area contributed by atoms with E-state index in [2.05, 4.69) is 10.1 Å². The van der Waals surface area contributed by atoms with E-state index < -0.39 is 11.6 Å².